The van der Waals surface area contributed by atoms with Crippen LogP contribution in [0, 0.1) is 17.3 Å². The summed E-state index contributed by atoms with van der Waals surface area (Å²) in [6.45, 7) is 8.15. The summed E-state index contributed by atoms with van der Waals surface area (Å²) in [6.07, 6.45) is 8.89. The predicted octanol–water partition coefficient (Wildman–Crippen LogP) is 4.02. The molecule has 1 saturated carbocycles. The summed E-state index contributed by atoms with van der Waals surface area (Å²) in [6, 6.07) is 0. The zero-order valence-corrected chi connectivity index (χ0v) is 10.6. The third kappa shape index (κ3) is 2.38. The molecule has 2 aliphatic rings. The van der Waals surface area contributed by atoms with Crippen LogP contribution < -0.4 is 0 Å². The number of rotatable bonds is 3. The number of hydrogen-bond donors (Lipinski definition) is 0. The monoisotopic (exact) mass is 210 g/mol. The molecule has 0 aromatic carbocycles. The number of fused-ring (bicyclic) bond motifs is 1. The molecule has 0 spiro atoms. The third-order valence-electron chi connectivity index (χ3n) is 4.69. The van der Waals surface area contributed by atoms with E-state index < -0.39 is 0 Å². The Bertz CT molecular complexity index is 213. The van der Waals surface area contributed by atoms with Gasteiger partial charge in [0, 0.05) is 6.61 Å². The second-order valence-corrected chi connectivity index (χ2v) is 6.17. The molecule has 1 aliphatic carbocycles. The number of unbranched alkanes of at least 4 members (excludes halogenated alkanes) is 1. The van der Waals surface area contributed by atoms with Crippen molar-refractivity contribution in [3.8, 4) is 0 Å². The molecule has 0 N–H and O–H groups in total. The zero-order chi connectivity index (χ0) is 10.9. The Kier molecular flexibility index (Phi) is 3.39. The average Bonchev–Trinajstić information content (AvgIpc) is 2.57. The van der Waals surface area contributed by atoms with Gasteiger partial charge in [-0.3, -0.25) is 0 Å². The second-order valence-electron chi connectivity index (χ2n) is 6.17. The molecule has 0 aromatic rings. The molecule has 4 atom stereocenters. The minimum atomic E-state index is 0.585. The summed E-state index contributed by atoms with van der Waals surface area (Å²) in [7, 11) is 0. The molecule has 0 bridgehead atoms. The quantitative estimate of drug-likeness (QED) is 0.683. The molecular weight excluding hydrogens is 184 g/mol. The van der Waals surface area contributed by atoms with Crippen LogP contribution in [0.3, 0.4) is 0 Å². The van der Waals surface area contributed by atoms with E-state index in [2.05, 4.69) is 20.8 Å². The first kappa shape index (κ1) is 11.4. The minimum absolute atomic E-state index is 0.585. The lowest BCUT2D eigenvalue weighted by molar-refractivity contribution is 0.00951. The summed E-state index contributed by atoms with van der Waals surface area (Å²) >= 11 is 0. The molecule has 1 saturated heterocycles. The standard InChI is InChI=1S/C14H26O/c1-4-5-7-14(3)8-6-12-11(2)10-15-13(12)9-14/h11-13H,4-10H2,1-3H3/t11?,12?,13-,14?/m1/s1. The van der Waals surface area contributed by atoms with Crippen LogP contribution >= 0.6 is 0 Å². The van der Waals surface area contributed by atoms with Crippen LogP contribution in [0.1, 0.15) is 59.3 Å². The van der Waals surface area contributed by atoms with Crippen LogP contribution in [-0.4, -0.2) is 12.7 Å². The summed E-state index contributed by atoms with van der Waals surface area (Å²) in [4.78, 5) is 0. The van der Waals surface area contributed by atoms with Gasteiger partial charge in [0.25, 0.3) is 0 Å². The van der Waals surface area contributed by atoms with E-state index >= 15 is 0 Å². The Balaban J connectivity index is 1.92. The van der Waals surface area contributed by atoms with Crippen molar-refractivity contribution in [1.29, 1.82) is 0 Å². The van der Waals surface area contributed by atoms with Gasteiger partial charge in [0.1, 0.15) is 0 Å². The van der Waals surface area contributed by atoms with E-state index in [0.29, 0.717) is 11.5 Å². The highest BCUT2D eigenvalue weighted by Crippen LogP contribution is 2.48. The first-order chi connectivity index (χ1) is 7.14. The minimum Gasteiger partial charge on any atom is -0.378 e. The molecule has 0 aromatic heterocycles. The molecule has 2 rings (SSSR count). The van der Waals surface area contributed by atoms with Crippen molar-refractivity contribution in [3.63, 3.8) is 0 Å². The zero-order valence-electron chi connectivity index (χ0n) is 10.6. The molecule has 2 fully saturated rings. The molecule has 1 heterocycles. The maximum atomic E-state index is 5.94. The van der Waals surface area contributed by atoms with E-state index in [0.717, 1.165) is 18.4 Å². The van der Waals surface area contributed by atoms with Crippen molar-refractivity contribution in [1.82, 2.24) is 0 Å². The van der Waals surface area contributed by atoms with Gasteiger partial charge < -0.3 is 4.74 Å². The van der Waals surface area contributed by atoms with E-state index in [1.54, 1.807) is 0 Å². The second kappa shape index (κ2) is 4.45. The SMILES string of the molecule is CCCCC1(C)CCC2C(C)CO[C@@H]2C1. The van der Waals surface area contributed by atoms with Gasteiger partial charge in [-0.05, 0) is 42.9 Å². The molecule has 0 amide bonds. The predicted molar refractivity (Wildman–Crippen MR) is 63.9 cm³/mol. The van der Waals surface area contributed by atoms with E-state index in [4.69, 9.17) is 4.74 Å². The Morgan fingerprint density at radius 2 is 2.20 bits per heavy atom. The van der Waals surface area contributed by atoms with Crippen molar-refractivity contribution in [2.45, 2.75) is 65.4 Å². The van der Waals surface area contributed by atoms with Crippen LogP contribution in [0.4, 0.5) is 0 Å². The Morgan fingerprint density at radius 3 is 2.93 bits per heavy atom. The van der Waals surface area contributed by atoms with Gasteiger partial charge in [0.2, 0.25) is 0 Å². The first-order valence-corrected chi connectivity index (χ1v) is 6.76. The Hall–Kier alpha value is -0.0400. The van der Waals surface area contributed by atoms with Crippen molar-refractivity contribution in [3.05, 3.63) is 0 Å². The van der Waals surface area contributed by atoms with Crippen molar-refractivity contribution < 1.29 is 4.74 Å². The largest absolute Gasteiger partial charge is 0.378 e. The first-order valence-electron chi connectivity index (χ1n) is 6.76. The fourth-order valence-electron chi connectivity index (χ4n) is 3.50. The maximum Gasteiger partial charge on any atom is 0.0612 e. The van der Waals surface area contributed by atoms with E-state index in [-0.39, 0.29) is 0 Å². The Morgan fingerprint density at radius 1 is 1.40 bits per heavy atom. The highest BCUT2D eigenvalue weighted by Gasteiger charge is 2.43. The molecule has 1 nitrogen and oxygen atoms in total. The summed E-state index contributed by atoms with van der Waals surface area (Å²) in [5.74, 6) is 1.69. The van der Waals surface area contributed by atoms with E-state index in [9.17, 15) is 0 Å². The fraction of sp³-hybridized carbons (Fsp3) is 1.00. The van der Waals surface area contributed by atoms with Gasteiger partial charge in [-0.1, -0.05) is 33.6 Å². The molecule has 0 radical (unpaired) electrons. The van der Waals surface area contributed by atoms with Crippen molar-refractivity contribution in [2.24, 2.45) is 17.3 Å². The summed E-state index contributed by atoms with van der Waals surface area (Å²) < 4.78 is 5.94. The van der Waals surface area contributed by atoms with Gasteiger partial charge in [0.15, 0.2) is 0 Å². The van der Waals surface area contributed by atoms with Crippen LogP contribution in [-0.2, 0) is 4.74 Å². The molecule has 88 valence electrons. The van der Waals surface area contributed by atoms with Gasteiger partial charge in [-0.25, -0.2) is 0 Å². The van der Waals surface area contributed by atoms with Gasteiger partial charge in [0.05, 0.1) is 6.10 Å². The molecule has 1 aliphatic heterocycles. The molecular formula is C14H26O. The van der Waals surface area contributed by atoms with E-state index in [1.807, 2.05) is 0 Å². The van der Waals surface area contributed by atoms with Crippen LogP contribution in [0.25, 0.3) is 0 Å². The highest BCUT2D eigenvalue weighted by molar-refractivity contribution is 4.92. The molecule has 15 heavy (non-hydrogen) atoms. The lowest BCUT2D eigenvalue weighted by atomic mass is 9.66. The number of hydrogen-bond acceptors (Lipinski definition) is 1. The summed E-state index contributed by atoms with van der Waals surface area (Å²) in [5, 5.41) is 0. The highest BCUT2D eigenvalue weighted by atomic mass is 16.5. The molecule has 1 heteroatoms. The van der Waals surface area contributed by atoms with Gasteiger partial charge >= 0.3 is 0 Å². The van der Waals surface area contributed by atoms with Gasteiger partial charge in [-0.2, -0.15) is 0 Å². The van der Waals surface area contributed by atoms with Crippen LogP contribution in [0.5, 0.6) is 0 Å². The number of ether oxygens (including phenoxy) is 1. The topological polar surface area (TPSA) is 9.23 Å². The van der Waals surface area contributed by atoms with Crippen LogP contribution in [0.15, 0.2) is 0 Å². The van der Waals surface area contributed by atoms with E-state index in [1.165, 1.54) is 38.5 Å². The third-order valence-corrected chi connectivity index (χ3v) is 4.69. The lowest BCUT2D eigenvalue weighted by Crippen LogP contribution is -2.34. The summed E-state index contributed by atoms with van der Waals surface area (Å²) in [5.41, 5.74) is 0.585. The molecule has 3 unspecified atom stereocenters. The Labute approximate surface area is 94.6 Å². The van der Waals surface area contributed by atoms with Crippen molar-refractivity contribution >= 4 is 0 Å². The smallest absolute Gasteiger partial charge is 0.0612 e. The fourth-order valence-corrected chi connectivity index (χ4v) is 3.50. The lowest BCUT2D eigenvalue weighted by Gasteiger charge is -2.40. The van der Waals surface area contributed by atoms with Crippen molar-refractivity contribution in [2.75, 3.05) is 6.61 Å². The van der Waals surface area contributed by atoms with Gasteiger partial charge in [-0.15, -0.1) is 0 Å². The maximum absolute atomic E-state index is 5.94. The average molecular weight is 210 g/mol. The van der Waals surface area contributed by atoms with Crippen LogP contribution in [0.2, 0.25) is 0 Å². The normalized spacial score (nSPS) is 45.4.